The molecule has 1 N–H and O–H groups in total. The molecule has 2 fully saturated rings. The summed E-state index contributed by atoms with van der Waals surface area (Å²) in [6, 6.07) is 0. The zero-order valence-electron chi connectivity index (χ0n) is 8.54. The van der Waals surface area contributed by atoms with Crippen molar-refractivity contribution in [2.75, 3.05) is 0 Å². The van der Waals surface area contributed by atoms with E-state index >= 15 is 0 Å². The number of hydrogen-bond donors (Lipinski definition) is 1. The number of rotatable bonds is 0. The topological polar surface area (TPSA) is 38.7 Å². The molecule has 3 nitrogen and oxygen atoms in total. The first-order valence-electron chi connectivity index (χ1n) is 4.93. The first-order chi connectivity index (χ1) is 5.91. The van der Waals surface area contributed by atoms with Crippen molar-refractivity contribution < 1.29 is 14.3 Å². The Morgan fingerprint density at radius 3 is 2.77 bits per heavy atom. The van der Waals surface area contributed by atoms with Crippen LogP contribution in [0.4, 0.5) is 0 Å². The quantitative estimate of drug-likeness (QED) is 0.577. The average Bonchev–Trinajstić information content (AvgIpc) is 2.20. The summed E-state index contributed by atoms with van der Waals surface area (Å²) in [6.07, 6.45) is 3.17. The van der Waals surface area contributed by atoms with Crippen molar-refractivity contribution in [1.29, 1.82) is 0 Å². The van der Waals surface area contributed by atoms with Gasteiger partial charge in [0.15, 0.2) is 0 Å². The summed E-state index contributed by atoms with van der Waals surface area (Å²) in [5, 5.41) is 9.25. The Bertz CT molecular complexity index is 219. The van der Waals surface area contributed by atoms with Crippen molar-refractivity contribution in [3.05, 3.63) is 0 Å². The van der Waals surface area contributed by atoms with E-state index in [0.717, 1.165) is 19.3 Å². The molecular formula is C9H17BO3. The third kappa shape index (κ3) is 1.63. The van der Waals surface area contributed by atoms with Crippen LogP contribution >= 0.6 is 0 Å². The molecule has 0 aromatic rings. The Morgan fingerprint density at radius 2 is 2.08 bits per heavy atom. The molecule has 2 atom stereocenters. The minimum atomic E-state index is -1.01. The Morgan fingerprint density at radius 1 is 1.38 bits per heavy atom. The van der Waals surface area contributed by atoms with E-state index in [-0.39, 0.29) is 11.7 Å². The fraction of sp³-hybridized carbons (Fsp3) is 1.00. The van der Waals surface area contributed by atoms with Crippen molar-refractivity contribution in [1.82, 2.24) is 0 Å². The molecule has 1 aliphatic carbocycles. The van der Waals surface area contributed by atoms with Crippen LogP contribution in [0.5, 0.6) is 0 Å². The smallest absolute Gasteiger partial charge is 0.402 e. The van der Waals surface area contributed by atoms with Gasteiger partial charge in [0, 0.05) is 0 Å². The maximum atomic E-state index is 9.25. The highest BCUT2D eigenvalue weighted by Gasteiger charge is 2.53. The number of fused-ring (bicyclic) bond motifs is 1. The van der Waals surface area contributed by atoms with Crippen LogP contribution in [0.1, 0.15) is 40.0 Å². The molecule has 0 unspecified atom stereocenters. The summed E-state index contributed by atoms with van der Waals surface area (Å²) < 4.78 is 10.7. The first kappa shape index (κ1) is 9.50. The Labute approximate surface area is 79.6 Å². The van der Waals surface area contributed by atoms with Crippen molar-refractivity contribution >= 4 is 7.32 Å². The average molecular weight is 184 g/mol. The van der Waals surface area contributed by atoms with E-state index in [1.165, 1.54) is 0 Å². The molecule has 0 radical (unpaired) electrons. The van der Waals surface area contributed by atoms with Crippen molar-refractivity contribution in [2.24, 2.45) is 5.41 Å². The molecule has 0 aromatic heterocycles. The van der Waals surface area contributed by atoms with Gasteiger partial charge in [-0.1, -0.05) is 13.8 Å². The van der Waals surface area contributed by atoms with Crippen molar-refractivity contribution in [3.63, 3.8) is 0 Å². The van der Waals surface area contributed by atoms with E-state index < -0.39 is 7.32 Å². The summed E-state index contributed by atoms with van der Waals surface area (Å²) in [7, 11) is -1.01. The summed E-state index contributed by atoms with van der Waals surface area (Å²) in [4.78, 5) is 0. The van der Waals surface area contributed by atoms with E-state index in [9.17, 15) is 5.02 Å². The maximum absolute atomic E-state index is 9.25. The molecule has 0 spiro atoms. The lowest BCUT2D eigenvalue weighted by molar-refractivity contribution is -0.0305. The second-order valence-electron chi connectivity index (χ2n) is 5.24. The predicted molar refractivity (Wildman–Crippen MR) is 50.0 cm³/mol. The Kier molecular flexibility index (Phi) is 1.99. The molecule has 74 valence electrons. The highest BCUT2D eigenvalue weighted by atomic mass is 16.7. The van der Waals surface area contributed by atoms with E-state index in [2.05, 4.69) is 13.8 Å². The minimum absolute atomic E-state index is 0.0792. The molecule has 0 amide bonds. The lowest BCUT2D eigenvalue weighted by Crippen LogP contribution is -2.45. The third-order valence-corrected chi connectivity index (χ3v) is 3.24. The van der Waals surface area contributed by atoms with Gasteiger partial charge in [0.2, 0.25) is 0 Å². The van der Waals surface area contributed by atoms with E-state index in [0.29, 0.717) is 5.41 Å². The maximum Gasteiger partial charge on any atom is 0.637 e. The molecule has 1 heterocycles. The summed E-state index contributed by atoms with van der Waals surface area (Å²) in [6.45, 7) is 6.51. The zero-order chi connectivity index (χ0) is 9.69. The summed E-state index contributed by atoms with van der Waals surface area (Å²) in [5.74, 6) is 0. The summed E-state index contributed by atoms with van der Waals surface area (Å²) in [5.41, 5.74) is 0.0276. The van der Waals surface area contributed by atoms with E-state index in [1.54, 1.807) is 0 Å². The third-order valence-electron chi connectivity index (χ3n) is 3.24. The van der Waals surface area contributed by atoms with Crippen LogP contribution in [0.15, 0.2) is 0 Å². The fourth-order valence-corrected chi connectivity index (χ4v) is 2.71. The van der Waals surface area contributed by atoms with Gasteiger partial charge in [-0.2, -0.15) is 0 Å². The van der Waals surface area contributed by atoms with Gasteiger partial charge in [-0.3, -0.25) is 0 Å². The predicted octanol–water partition coefficient (Wildman–Crippen LogP) is 1.35. The van der Waals surface area contributed by atoms with Gasteiger partial charge in [-0.25, -0.2) is 0 Å². The van der Waals surface area contributed by atoms with Gasteiger partial charge in [-0.15, -0.1) is 0 Å². The van der Waals surface area contributed by atoms with Crippen LogP contribution in [0.25, 0.3) is 0 Å². The minimum Gasteiger partial charge on any atom is -0.402 e. The molecule has 1 aliphatic heterocycles. The molecule has 1 saturated heterocycles. The van der Waals surface area contributed by atoms with Gasteiger partial charge >= 0.3 is 7.32 Å². The van der Waals surface area contributed by atoms with Crippen LogP contribution in [0, 0.1) is 5.41 Å². The van der Waals surface area contributed by atoms with Gasteiger partial charge in [-0.05, 0) is 31.6 Å². The van der Waals surface area contributed by atoms with Crippen LogP contribution in [-0.2, 0) is 9.31 Å². The van der Waals surface area contributed by atoms with Crippen LogP contribution in [0.3, 0.4) is 0 Å². The van der Waals surface area contributed by atoms with E-state index in [4.69, 9.17) is 9.31 Å². The second kappa shape index (κ2) is 2.72. The van der Waals surface area contributed by atoms with Crippen molar-refractivity contribution in [3.8, 4) is 0 Å². The summed E-state index contributed by atoms with van der Waals surface area (Å²) >= 11 is 0. The monoisotopic (exact) mass is 184 g/mol. The molecule has 4 heteroatoms. The van der Waals surface area contributed by atoms with Crippen LogP contribution < -0.4 is 0 Å². The molecule has 13 heavy (non-hydrogen) atoms. The highest BCUT2D eigenvalue weighted by Crippen LogP contribution is 2.46. The SMILES string of the molecule is CC1(C)CC[C@H]2OB(O)O[C@@]2(C)C1. The largest absolute Gasteiger partial charge is 0.637 e. The second-order valence-corrected chi connectivity index (χ2v) is 5.24. The van der Waals surface area contributed by atoms with Crippen molar-refractivity contribution in [2.45, 2.75) is 51.7 Å². The van der Waals surface area contributed by atoms with Gasteiger partial charge in [0.1, 0.15) is 0 Å². The van der Waals surface area contributed by atoms with Gasteiger partial charge in [0.05, 0.1) is 11.7 Å². The Hall–Kier alpha value is -0.0551. The van der Waals surface area contributed by atoms with E-state index in [1.807, 2.05) is 6.92 Å². The molecule has 0 aromatic carbocycles. The van der Waals surface area contributed by atoms with Gasteiger partial charge in [0.25, 0.3) is 0 Å². The molecule has 1 saturated carbocycles. The van der Waals surface area contributed by atoms with Crippen LogP contribution in [-0.4, -0.2) is 24.1 Å². The molecule has 2 aliphatic rings. The highest BCUT2D eigenvalue weighted by molar-refractivity contribution is 6.35. The molecular weight excluding hydrogens is 167 g/mol. The molecule has 2 rings (SSSR count). The van der Waals surface area contributed by atoms with Crippen LogP contribution in [0.2, 0.25) is 0 Å². The first-order valence-corrected chi connectivity index (χ1v) is 4.93. The Balaban J connectivity index is 2.15. The standard InChI is InChI=1S/C9H17BO3/c1-8(2)5-4-7-9(3,6-8)13-10(11)12-7/h7,11H,4-6H2,1-3H3/t7-,9+/m1/s1. The number of hydrogen-bond acceptors (Lipinski definition) is 3. The lowest BCUT2D eigenvalue weighted by atomic mass is 9.69. The zero-order valence-corrected chi connectivity index (χ0v) is 8.54. The van der Waals surface area contributed by atoms with Gasteiger partial charge < -0.3 is 14.3 Å². The fourth-order valence-electron chi connectivity index (χ4n) is 2.71. The molecule has 0 bridgehead atoms. The lowest BCUT2D eigenvalue weighted by Gasteiger charge is -2.43. The normalized spacial score (nSPS) is 43.4.